The van der Waals surface area contributed by atoms with Crippen molar-refractivity contribution in [1.29, 1.82) is 0 Å². The Labute approximate surface area is 88.5 Å². The van der Waals surface area contributed by atoms with Crippen LogP contribution < -0.4 is 11.3 Å². The van der Waals surface area contributed by atoms with Crippen molar-refractivity contribution in [3.63, 3.8) is 0 Å². The first kappa shape index (κ1) is 10.3. The molecule has 0 radical (unpaired) electrons. The Morgan fingerprint density at radius 2 is 2.19 bits per heavy atom. The third-order valence-electron chi connectivity index (χ3n) is 2.04. The van der Waals surface area contributed by atoms with E-state index < -0.39 is 12.1 Å². The molecule has 5 nitrogen and oxygen atoms in total. The predicted octanol–water partition coefficient (Wildman–Crippen LogP) is 1.22. The van der Waals surface area contributed by atoms with Gasteiger partial charge in [0, 0.05) is 23.9 Å². The van der Waals surface area contributed by atoms with Gasteiger partial charge in [-0.2, -0.15) is 13.9 Å². The highest BCUT2D eigenvalue weighted by Gasteiger charge is 2.10. The lowest BCUT2D eigenvalue weighted by atomic mass is 10.2. The van der Waals surface area contributed by atoms with E-state index in [9.17, 15) is 13.6 Å². The van der Waals surface area contributed by atoms with Crippen LogP contribution in [0.15, 0.2) is 29.2 Å². The summed E-state index contributed by atoms with van der Waals surface area (Å²) in [6, 6.07) is 3.97. The number of aromatic amines is 1. The summed E-state index contributed by atoms with van der Waals surface area (Å²) >= 11 is 0. The average Bonchev–Trinajstić information content (AvgIpc) is 2.65. The van der Waals surface area contributed by atoms with E-state index in [-0.39, 0.29) is 0 Å². The minimum atomic E-state index is -2.87. The second-order valence-corrected chi connectivity index (χ2v) is 3.15. The molecule has 0 fully saturated rings. The van der Waals surface area contributed by atoms with E-state index >= 15 is 0 Å². The van der Waals surface area contributed by atoms with Crippen LogP contribution in [0.5, 0.6) is 0 Å². The van der Waals surface area contributed by atoms with E-state index in [1.807, 2.05) is 0 Å². The maximum Gasteiger partial charge on any atom is 0.321 e. The maximum absolute atomic E-state index is 12.4. The Kier molecular flexibility index (Phi) is 2.43. The van der Waals surface area contributed by atoms with Gasteiger partial charge in [0.15, 0.2) is 0 Å². The molecule has 0 bridgehead atoms. The average molecular weight is 226 g/mol. The first-order valence-corrected chi connectivity index (χ1v) is 4.39. The molecular weight excluding hydrogens is 218 g/mol. The predicted molar refractivity (Wildman–Crippen MR) is 53.9 cm³/mol. The van der Waals surface area contributed by atoms with Crippen LogP contribution in [0.4, 0.5) is 14.6 Å². The number of H-pyrrole nitrogens is 1. The van der Waals surface area contributed by atoms with Gasteiger partial charge in [0.05, 0.1) is 5.69 Å². The van der Waals surface area contributed by atoms with Crippen LogP contribution >= 0.6 is 0 Å². The van der Waals surface area contributed by atoms with Gasteiger partial charge in [0.25, 0.3) is 5.56 Å². The molecule has 0 spiro atoms. The minimum Gasteiger partial charge on any atom is -0.384 e. The van der Waals surface area contributed by atoms with Gasteiger partial charge in [0.2, 0.25) is 0 Å². The molecular formula is C9H8F2N4O. The number of nitrogen functional groups attached to an aromatic ring is 1. The molecule has 2 rings (SSSR count). The number of hydrogen-bond acceptors (Lipinski definition) is 3. The zero-order chi connectivity index (χ0) is 11.7. The minimum absolute atomic E-state index is 0.324. The topological polar surface area (TPSA) is 76.7 Å². The van der Waals surface area contributed by atoms with Crippen LogP contribution in [0.2, 0.25) is 0 Å². The fraction of sp³-hybridized carbons (Fsp3) is 0.111. The van der Waals surface area contributed by atoms with Crippen molar-refractivity contribution < 1.29 is 8.78 Å². The molecule has 16 heavy (non-hydrogen) atoms. The van der Waals surface area contributed by atoms with Crippen molar-refractivity contribution in [2.45, 2.75) is 6.55 Å². The summed E-state index contributed by atoms with van der Waals surface area (Å²) < 4.78 is 25.2. The zero-order valence-electron chi connectivity index (χ0n) is 8.02. The Morgan fingerprint density at radius 1 is 1.44 bits per heavy atom. The fourth-order valence-corrected chi connectivity index (χ4v) is 1.29. The van der Waals surface area contributed by atoms with Crippen molar-refractivity contribution in [3.8, 4) is 11.3 Å². The summed E-state index contributed by atoms with van der Waals surface area (Å²) in [5.74, 6) is 0.324. The van der Waals surface area contributed by atoms with Crippen molar-refractivity contribution in [2.24, 2.45) is 0 Å². The number of pyridine rings is 1. The molecule has 0 aromatic carbocycles. The summed E-state index contributed by atoms with van der Waals surface area (Å²) in [6.45, 7) is -2.87. The second-order valence-electron chi connectivity index (χ2n) is 3.15. The fourth-order valence-electron chi connectivity index (χ4n) is 1.29. The number of halogens is 2. The number of nitrogens with one attached hydrogen (secondary N) is 1. The summed E-state index contributed by atoms with van der Waals surface area (Å²) in [7, 11) is 0. The maximum atomic E-state index is 12.4. The molecule has 0 saturated carbocycles. The molecule has 0 aliphatic heterocycles. The van der Waals surface area contributed by atoms with Gasteiger partial charge < -0.3 is 5.73 Å². The molecule has 2 aromatic heterocycles. The van der Waals surface area contributed by atoms with Crippen LogP contribution in [0.1, 0.15) is 6.55 Å². The van der Waals surface area contributed by atoms with Gasteiger partial charge in [0.1, 0.15) is 5.82 Å². The third-order valence-corrected chi connectivity index (χ3v) is 2.04. The Morgan fingerprint density at radius 3 is 2.75 bits per heavy atom. The highest BCUT2D eigenvalue weighted by molar-refractivity contribution is 5.60. The number of hydrogen-bond donors (Lipinski definition) is 2. The Balaban J connectivity index is 2.51. The van der Waals surface area contributed by atoms with E-state index in [0.29, 0.717) is 21.6 Å². The summed E-state index contributed by atoms with van der Waals surface area (Å²) in [5.41, 5.74) is 5.45. The van der Waals surface area contributed by atoms with Gasteiger partial charge in [-0.05, 0) is 6.07 Å². The lowest BCUT2D eigenvalue weighted by Gasteiger charge is -2.04. The summed E-state index contributed by atoms with van der Waals surface area (Å²) in [5, 5.41) is 6.29. The van der Waals surface area contributed by atoms with Crippen LogP contribution in [-0.4, -0.2) is 14.8 Å². The first-order chi connectivity index (χ1) is 7.58. The Hall–Kier alpha value is -2.18. The number of rotatable bonds is 2. The molecule has 7 heteroatoms. The van der Waals surface area contributed by atoms with E-state index in [4.69, 9.17) is 5.73 Å². The first-order valence-electron chi connectivity index (χ1n) is 4.39. The van der Waals surface area contributed by atoms with Crippen LogP contribution in [0.25, 0.3) is 11.3 Å². The van der Waals surface area contributed by atoms with E-state index in [1.54, 1.807) is 0 Å². The monoisotopic (exact) mass is 226 g/mol. The van der Waals surface area contributed by atoms with Gasteiger partial charge in [-0.1, -0.05) is 0 Å². The van der Waals surface area contributed by atoms with E-state index in [2.05, 4.69) is 10.2 Å². The van der Waals surface area contributed by atoms with Crippen LogP contribution in [0.3, 0.4) is 0 Å². The number of aromatic nitrogens is 3. The molecule has 2 heterocycles. The SMILES string of the molecule is Nc1cc(-c2ccc(=O)n(C(F)F)c2)n[nH]1. The van der Waals surface area contributed by atoms with Gasteiger partial charge in [-0.3, -0.25) is 14.5 Å². The molecule has 0 atom stereocenters. The Bertz CT molecular complexity index is 561. The number of nitrogens with zero attached hydrogens (tertiary/aromatic N) is 2. The molecule has 0 aliphatic carbocycles. The zero-order valence-corrected chi connectivity index (χ0v) is 8.02. The van der Waals surface area contributed by atoms with Gasteiger partial charge in [-0.25, -0.2) is 0 Å². The normalized spacial score (nSPS) is 10.9. The number of anilines is 1. The smallest absolute Gasteiger partial charge is 0.321 e. The lowest BCUT2D eigenvalue weighted by Crippen LogP contribution is -2.18. The molecule has 2 aromatic rings. The van der Waals surface area contributed by atoms with Crippen LogP contribution in [0, 0.1) is 0 Å². The van der Waals surface area contributed by atoms with Gasteiger partial charge >= 0.3 is 6.55 Å². The lowest BCUT2D eigenvalue weighted by molar-refractivity contribution is 0.0665. The molecule has 0 amide bonds. The molecule has 3 N–H and O–H groups in total. The van der Waals surface area contributed by atoms with Crippen molar-refractivity contribution in [2.75, 3.05) is 5.73 Å². The van der Waals surface area contributed by atoms with E-state index in [1.165, 1.54) is 12.1 Å². The molecule has 0 aliphatic rings. The number of alkyl halides is 2. The standard InChI is InChI=1S/C9H8F2N4O/c10-9(11)15-4-5(1-2-8(15)16)6-3-7(12)14-13-6/h1-4,9H,(H3,12,13,14). The third kappa shape index (κ3) is 1.79. The van der Waals surface area contributed by atoms with Crippen molar-refractivity contribution in [3.05, 3.63) is 34.7 Å². The van der Waals surface area contributed by atoms with E-state index in [0.717, 1.165) is 12.3 Å². The second kappa shape index (κ2) is 3.76. The quantitative estimate of drug-likeness (QED) is 0.808. The van der Waals surface area contributed by atoms with Gasteiger partial charge in [-0.15, -0.1) is 0 Å². The van der Waals surface area contributed by atoms with Crippen molar-refractivity contribution in [1.82, 2.24) is 14.8 Å². The summed E-state index contributed by atoms with van der Waals surface area (Å²) in [6.07, 6.45) is 1.04. The van der Waals surface area contributed by atoms with Crippen molar-refractivity contribution >= 4 is 5.82 Å². The molecule has 0 unspecified atom stereocenters. The van der Waals surface area contributed by atoms with Crippen LogP contribution in [-0.2, 0) is 0 Å². The summed E-state index contributed by atoms with van der Waals surface area (Å²) in [4.78, 5) is 11.1. The highest BCUT2D eigenvalue weighted by Crippen LogP contribution is 2.18. The largest absolute Gasteiger partial charge is 0.384 e. The highest BCUT2D eigenvalue weighted by atomic mass is 19.3. The molecule has 84 valence electrons. The number of nitrogens with two attached hydrogens (primary N) is 1. The molecule has 0 saturated heterocycles.